The van der Waals surface area contributed by atoms with E-state index in [0.717, 1.165) is 45.2 Å². The van der Waals surface area contributed by atoms with Gasteiger partial charge >= 0.3 is 0 Å². The molecule has 32 heavy (non-hydrogen) atoms. The van der Waals surface area contributed by atoms with Crippen molar-refractivity contribution < 1.29 is 4.79 Å². The van der Waals surface area contributed by atoms with E-state index in [9.17, 15) is 4.79 Å². The maximum absolute atomic E-state index is 13.0. The molecule has 5 heteroatoms. The highest BCUT2D eigenvalue weighted by molar-refractivity contribution is 7.13. The number of thiazole rings is 1. The zero-order valence-corrected chi connectivity index (χ0v) is 19.7. The van der Waals surface area contributed by atoms with Gasteiger partial charge in [-0.05, 0) is 49.9 Å². The number of nitrogens with two attached hydrogens (primary N) is 1. The topological polar surface area (TPSA) is 60.9 Å². The zero-order valence-electron chi connectivity index (χ0n) is 18.9. The second-order valence-corrected chi connectivity index (χ2v) is 9.13. The maximum Gasteiger partial charge on any atom is 0.165 e. The van der Waals surface area contributed by atoms with E-state index in [2.05, 4.69) is 54.1 Å². The van der Waals surface area contributed by atoms with E-state index in [1.54, 1.807) is 11.3 Å². The smallest absolute Gasteiger partial charge is 0.165 e. The summed E-state index contributed by atoms with van der Waals surface area (Å²) in [4.78, 5) is 17.8. The fourth-order valence-electron chi connectivity index (χ4n) is 4.13. The Labute approximate surface area is 193 Å². The van der Waals surface area contributed by atoms with Gasteiger partial charge in [0.15, 0.2) is 5.78 Å². The van der Waals surface area contributed by atoms with Crippen LogP contribution in [0.3, 0.4) is 0 Å². The van der Waals surface area contributed by atoms with Crippen LogP contribution in [-0.4, -0.2) is 15.3 Å². The zero-order chi connectivity index (χ0) is 22.7. The van der Waals surface area contributed by atoms with E-state index >= 15 is 0 Å². The molecular weight excluding hydrogens is 414 g/mol. The Morgan fingerprint density at radius 3 is 2.56 bits per heavy atom. The van der Waals surface area contributed by atoms with E-state index in [0.29, 0.717) is 19.5 Å². The molecule has 0 fully saturated rings. The molecule has 0 radical (unpaired) electrons. The van der Waals surface area contributed by atoms with E-state index < -0.39 is 0 Å². The summed E-state index contributed by atoms with van der Waals surface area (Å²) in [5, 5.41) is 3.13. The van der Waals surface area contributed by atoms with Crippen LogP contribution in [0.2, 0.25) is 0 Å². The molecule has 4 rings (SSSR count). The number of aryl methyl sites for hydroxylation is 3. The first-order valence-corrected chi connectivity index (χ1v) is 11.8. The molecule has 0 unspecified atom stereocenters. The van der Waals surface area contributed by atoms with Crippen molar-refractivity contribution in [1.29, 1.82) is 0 Å². The highest BCUT2D eigenvalue weighted by atomic mass is 32.1. The van der Waals surface area contributed by atoms with E-state index in [4.69, 9.17) is 10.7 Å². The lowest BCUT2D eigenvalue weighted by atomic mass is 9.98. The summed E-state index contributed by atoms with van der Waals surface area (Å²) in [6.45, 7) is 7.39. The van der Waals surface area contributed by atoms with Gasteiger partial charge in [-0.2, -0.15) is 0 Å². The molecule has 0 saturated carbocycles. The molecule has 4 aromatic rings. The van der Waals surface area contributed by atoms with E-state index in [1.165, 1.54) is 11.1 Å². The van der Waals surface area contributed by atoms with Gasteiger partial charge in [0.2, 0.25) is 0 Å². The van der Waals surface area contributed by atoms with Gasteiger partial charge in [0.25, 0.3) is 0 Å². The first-order valence-electron chi connectivity index (χ1n) is 10.9. The molecule has 0 atom stereocenters. The summed E-state index contributed by atoms with van der Waals surface area (Å²) in [5.41, 5.74) is 14.3. The minimum Gasteiger partial charge on any atom is -0.342 e. The first-order chi connectivity index (χ1) is 15.5. The number of nitrogens with zero attached hydrogens (tertiary/aromatic N) is 2. The van der Waals surface area contributed by atoms with Gasteiger partial charge < -0.3 is 10.3 Å². The summed E-state index contributed by atoms with van der Waals surface area (Å²) in [6.07, 6.45) is 1.24. The van der Waals surface area contributed by atoms with Gasteiger partial charge in [0, 0.05) is 40.9 Å². The van der Waals surface area contributed by atoms with Crippen molar-refractivity contribution in [2.24, 2.45) is 5.73 Å². The molecule has 0 bridgehead atoms. The average Bonchev–Trinajstić information content (AvgIpc) is 3.39. The molecule has 2 N–H and O–H groups in total. The van der Waals surface area contributed by atoms with Crippen LogP contribution in [0, 0.1) is 20.8 Å². The van der Waals surface area contributed by atoms with Crippen LogP contribution in [0.1, 0.15) is 50.6 Å². The van der Waals surface area contributed by atoms with Crippen LogP contribution in [0.4, 0.5) is 0 Å². The van der Waals surface area contributed by atoms with Crippen molar-refractivity contribution in [1.82, 2.24) is 9.55 Å². The molecule has 4 nitrogen and oxygen atoms in total. The Bertz CT molecular complexity index is 1240. The number of rotatable bonds is 8. The number of hydrogen-bond acceptors (Lipinski definition) is 4. The van der Waals surface area contributed by atoms with Gasteiger partial charge in [0.1, 0.15) is 5.01 Å². The van der Waals surface area contributed by atoms with Crippen molar-refractivity contribution >= 4 is 17.1 Å². The number of ketones is 1. The van der Waals surface area contributed by atoms with Gasteiger partial charge in [0.05, 0.1) is 12.2 Å². The van der Waals surface area contributed by atoms with Crippen LogP contribution < -0.4 is 5.73 Å². The number of carbonyl (C=O) groups is 1. The number of aromatic nitrogens is 2. The molecule has 0 aliphatic rings. The maximum atomic E-state index is 13.0. The van der Waals surface area contributed by atoms with Crippen LogP contribution in [0.5, 0.6) is 0 Å². The molecular formula is C27H29N3OS. The Balaban J connectivity index is 1.47. The molecule has 0 aliphatic heterocycles. The van der Waals surface area contributed by atoms with Gasteiger partial charge in [-0.1, -0.05) is 48.5 Å². The van der Waals surface area contributed by atoms with Crippen molar-refractivity contribution in [3.05, 3.63) is 99.3 Å². The molecule has 0 amide bonds. The minimum atomic E-state index is 0.190. The van der Waals surface area contributed by atoms with E-state index in [1.807, 2.05) is 31.2 Å². The van der Waals surface area contributed by atoms with Crippen molar-refractivity contribution in [3.8, 4) is 10.6 Å². The summed E-state index contributed by atoms with van der Waals surface area (Å²) >= 11 is 1.66. The van der Waals surface area contributed by atoms with Crippen molar-refractivity contribution in [2.75, 3.05) is 0 Å². The third kappa shape index (κ3) is 4.74. The lowest BCUT2D eigenvalue weighted by Crippen LogP contribution is -2.07. The van der Waals surface area contributed by atoms with Crippen LogP contribution in [0.25, 0.3) is 10.6 Å². The van der Waals surface area contributed by atoms with Crippen LogP contribution in [-0.2, 0) is 19.5 Å². The van der Waals surface area contributed by atoms with Crippen molar-refractivity contribution in [3.63, 3.8) is 0 Å². The number of Topliss-reactive ketones (excluding diaryl/α,β-unsaturated/α-hetero) is 1. The highest BCUT2D eigenvalue weighted by Crippen LogP contribution is 2.25. The Hall–Kier alpha value is -3.02. The third-order valence-electron chi connectivity index (χ3n) is 6.03. The van der Waals surface area contributed by atoms with Gasteiger partial charge in [-0.25, -0.2) is 4.98 Å². The first kappa shape index (κ1) is 22.2. The second kappa shape index (κ2) is 9.63. The molecule has 0 spiro atoms. The largest absolute Gasteiger partial charge is 0.342 e. The van der Waals surface area contributed by atoms with Crippen LogP contribution in [0.15, 0.2) is 60.0 Å². The normalized spacial score (nSPS) is 11.1. The predicted octanol–water partition coefficient (Wildman–Crippen LogP) is 5.86. The fourth-order valence-corrected chi connectivity index (χ4v) is 4.95. The minimum absolute atomic E-state index is 0.190. The Morgan fingerprint density at radius 2 is 1.84 bits per heavy atom. The molecule has 164 valence electrons. The Morgan fingerprint density at radius 1 is 1.06 bits per heavy atom. The number of carbonyl (C=O) groups excluding carboxylic acids is 1. The summed E-state index contributed by atoms with van der Waals surface area (Å²) in [5.74, 6) is 0.190. The third-order valence-corrected chi connectivity index (χ3v) is 6.97. The standard InChI is InChI=1S/C27H29N3OS/c1-18-13-21(15-28)9-10-22(18)11-12-26(31)25-14-19(2)30(20(25)3)16-24-17-32-27(29-24)23-7-5-4-6-8-23/h4-10,13-14,17H,11-12,15-16,28H2,1-3H3. The molecule has 0 saturated heterocycles. The molecule has 0 aliphatic carbocycles. The summed E-state index contributed by atoms with van der Waals surface area (Å²) < 4.78 is 2.19. The number of benzene rings is 2. The predicted molar refractivity (Wildman–Crippen MR) is 132 cm³/mol. The van der Waals surface area contributed by atoms with E-state index in [-0.39, 0.29) is 5.78 Å². The van der Waals surface area contributed by atoms with Crippen molar-refractivity contribution in [2.45, 2.75) is 46.7 Å². The molecule has 2 aromatic carbocycles. The van der Waals surface area contributed by atoms with Gasteiger partial charge in [-0.15, -0.1) is 11.3 Å². The summed E-state index contributed by atoms with van der Waals surface area (Å²) in [6, 6.07) is 18.5. The SMILES string of the molecule is Cc1cc(CN)ccc1CCC(=O)c1cc(C)n(Cc2csc(-c3ccccc3)n2)c1C. The van der Waals surface area contributed by atoms with Crippen LogP contribution >= 0.6 is 11.3 Å². The molecule has 2 aromatic heterocycles. The number of hydrogen-bond donors (Lipinski definition) is 1. The Kier molecular flexibility index (Phi) is 6.68. The van der Waals surface area contributed by atoms with Gasteiger partial charge in [-0.3, -0.25) is 4.79 Å². The highest BCUT2D eigenvalue weighted by Gasteiger charge is 2.17. The monoisotopic (exact) mass is 443 g/mol. The second-order valence-electron chi connectivity index (χ2n) is 8.27. The molecule has 2 heterocycles. The lowest BCUT2D eigenvalue weighted by Gasteiger charge is -2.09. The summed E-state index contributed by atoms with van der Waals surface area (Å²) in [7, 11) is 0. The quantitative estimate of drug-likeness (QED) is 0.347. The lowest BCUT2D eigenvalue weighted by molar-refractivity contribution is 0.0982. The fraction of sp³-hybridized carbons (Fsp3) is 0.259. The average molecular weight is 444 g/mol.